The summed E-state index contributed by atoms with van der Waals surface area (Å²) in [5.74, 6) is 0. The summed E-state index contributed by atoms with van der Waals surface area (Å²) in [6.45, 7) is 16.4. The van der Waals surface area contributed by atoms with Gasteiger partial charge in [0, 0.05) is 11.4 Å². The zero-order valence-corrected chi connectivity index (χ0v) is 9.73. The third-order valence-corrected chi connectivity index (χ3v) is 1.98. The summed E-state index contributed by atoms with van der Waals surface area (Å²) in [6.07, 6.45) is 2.12. The highest BCUT2D eigenvalue weighted by molar-refractivity contribution is 5.94. The second kappa shape index (κ2) is 4.40. The Hall–Kier alpha value is -0.850. The van der Waals surface area contributed by atoms with Gasteiger partial charge in [-0.05, 0) is 32.3 Å². The molecule has 0 bridgehead atoms. The van der Waals surface area contributed by atoms with Crippen LogP contribution in [0.3, 0.4) is 0 Å². The molecule has 1 heteroatoms. The summed E-state index contributed by atoms with van der Waals surface area (Å²) >= 11 is 0. The maximum atomic E-state index is 4.28. The molecule has 0 N–H and O–H groups in total. The third kappa shape index (κ3) is 5.40. The third-order valence-electron chi connectivity index (χ3n) is 1.98. The van der Waals surface area contributed by atoms with Crippen molar-refractivity contribution in [2.75, 3.05) is 0 Å². The Morgan fingerprint density at radius 2 is 1.62 bits per heavy atom. The van der Waals surface area contributed by atoms with Gasteiger partial charge in [-0.25, -0.2) is 0 Å². The second-order valence-corrected chi connectivity index (χ2v) is 4.57. The SMILES string of the molecule is C=C(C)N=C(C)/C=C(\C)C(C)(C)C. The Bertz CT molecular complexity index is 249. The molecule has 0 heterocycles. The van der Waals surface area contributed by atoms with Crippen LogP contribution in [0.4, 0.5) is 0 Å². The lowest BCUT2D eigenvalue weighted by molar-refractivity contribution is 0.504. The number of aliphatic imine (C=N–C) groups is 1. The van der Waals surface area contributed by atoms with E-state index < -0.39 is 0 Å². The van der Waals surface area contributed by atoms with Crippen molar-refractivity contribution in [2.45, 2.75) is 41.5 Å². The molecule has 0 amide bonds. The fraction of sp³-hybridized carbons (Fsp3) is 0.583. The van der Waals surface area contributed by atoms with Crippen molar-refractivity contribution in [1.29, 1.82) is 0 Å². The van der Waals surface area contributed by atoms with E-state index in [1.54, 1.807) is 0 Å². The van der Waals surface area contributed by atoms with E-state index in [9.17, 15) is 0 Å². The summed E-state index contributed by atoms with van der Waals surface area (Å²) in [7, 11) is 0. The summed E-state index contributed by atoms with van der Waals surface area (Å²) in [5.41, 5.74) is 3.46. The lowest BCUT2D eigenvalue weighted by Crippen LogP contribution is -2.07. The van der Waals surface area contributed by atoms with Crippen LogP contribution in [0.15, 0.2) is 28.9 Å². The fourth-order valence-electron chi connectivity index (χ4n) is 0.863. The minimum atomic E-state index is 0.228. The second-order valence-electron chi connectivity index (χ2n) is 4.57. The highest BCUT2D eigenvalue weighted by Crippen LogP contribution is 2.24. The van der Waals surface area contributed by atoms with E-state index in [1.165, 1.54) is 5.57 Å². The molecule has 13 heavy (non-hydrogen) atoms. The first-order valence-electron chi connectivity index (χ1n) is 4.63. The van der Waals surface area contributed by atoms with Crippen LogP contribution in [0.2, 0.25) is 0 Å². The molecule has 0 saturated heterocycles. The quantitative estimate of drug-likeness (QED) is 0.569. The molecule has 0 aromatic carbocycles. The molecule has 0 aliphatic heterocycles. The zero-order valence-electron chi connectivity index (χ0n) is 9.73. The first-order chi connectivity index (χ1) is 5.73. The van der Waals surface area contributed by atoms with Gasteiger partial charge in [0.2, 0.25) is 0 Å². The zero-order chi connectivity index (χ0) is 10.6. The largest absolute Gasteiger partial charge is 0.259 e. The van der Waals surface area contributed by atoms with Crippen molar-refractivity contribution < 1.29 is 0 Å². The monoisotopic (exact) mass is 179 g/mol. The number of hydrogen-bond acceptors (Lipinski definition) is 1. The van der Waals surface area contributed by atoms with E-state index in [0.29, 0.717) is 0 Å². The number of rotatable bonds is 2. The van der Waals surface area contributed by atoms with E-state index >= 15 is 0 Å². The van der Waals surface area contributed by atoms with Gasteiger partial charge in [-0.15, -0.1) is 0 Å². The smallest absolute Gasteiger partial charge is 0.0375 e. The van der Waals surface area contributed by atoms with Crippen LogP contribution in [0.1, 0.15) is 41.5 Å². The van der Waals surface area contributed by atoms with Crippen LogP contribution in [0, 0.1) is 5.41 Å². The van der Waals surface area contributed by atoms with E-state index in [-0.39, 0.29) is 5.41 Å². The summed E-state index contributed by atoms with van der Waals surface area (Å²) in [5, 5.41) is 0. The van der Waals surface area contributed by atoms with Gasteiger partial charge in [0.05, 0.1) is 0 Å². The maximum Gasteiger partial charge on any atom is 0.0375 e. The molecule has 0 aliphatic carbocycles. The molecular weight excluding hydrogens is 158 g/mol. The molecular formula is C12H21N. The Balaban J connectivity index is 4.67. The molecule has 1 nitrogen and oxygen atoms in total. The van der Waals surface area contributed by atoms with Gasteiger partial charge in [-0.3, -0.25) is 4.99 Å². The molecule has 0 aromatic heterocycles. The molecule has 0 atom stereocenters. The van der Waals surface area contributed by atoms with Crippen LogP contribution in [-0.2, 0) is 0 Å². The molecule has 0 radical (unpaired) electrons. The van der Waals surface area contributed by atoms with Crippen LogP contribution >= 0.6 is 0 Å². The van der Waals surface area contributed by atoms with Crippen molar-refractivity contribution in [3.8, 4) is 0 Å². The van der Waals surface area contributed by atoms with Gasteiger partial charge in [-0.1, -0.05) is 32.9 Å². The highest BCUT2D eigenvalue weighted by atomic mass is 14.7. The summed E-state index contributed by atoms with van der Waals surface area (Å²) < 4.78 is 0. The fourth-order valence-corrected chi connectivity index (χ4v) is 0.863. The molecule has 0 unspecified atom stereocenters. The first-order valence-corrected chi connectivity index (χ1v) is 4.63. The van der Waals surface area contributed by atoms with Gasteiger partial charge in [0.1, 0.15) is 0 Å². The van der Waals surface area contributed by atoms with E-state index in [2.05, 4.69) is 45.3 Å². The van der Waals surface area contributed by atoms with Gasteiger partial charge in [0.15, 0.2) is 0 Å². The van der Waals surface area contributed by atoms with Crippen LogP contribution in [-0.4, -0.2) is 5.71 Å². The Morgan fingerprint density at radius 1 is 1.15 bits per heavy atom. The maximum absolute atomic E-state index is 4.28. The molecule has 0 aromatic rings. The molecule has 74 valence electrons. The van der Waals surface area contributed by atoms with Crippen molar-refractivity contribution >= 4 is 5.71 Å². The Labute approximate surface area is 82.3 Å². The summed E-state index contributed by atoms with van der Waals surface area (Å²) in [6, 6.07) is 0. The van der Waals surface area contributed by atoms with Crippen LogP contribution in [0.25, 0.3) is 0 Å². The van der Waals surface area contributed by atoms with E-state index in [0.717, 1.165) is 11.4 Å². The van der Waals surface area contributed by atoms with Crippen molar-refractivity contribution in [3.05, 3.63) is 23.9 Å². The minimum absolute atomic E-state index is 0.228. The Kier molecular flexibility index (Phi) is 4.12. The number of allylic oxidation sites excluding steroid dienone is 3. The highest BCUT2D eigenvalue weighted by Gasteiger charge is 2.11. The van der Waals surface area contributed by atoms with Gasteiger partial charge >= 0.3 is 0 Å². The summed E-state index contributed by atoms with van der Waals surface area (Å²) in [4.78, 5) is 4.28. The van der Waals surface area contributed by atoms with Gasteiger partial charge in [0.25, 0.3) is 0 Å². The Morgan fingerprint density at radius 3 is 1.92 bits per heavy atom. The molecule has 0 aliphatic rings. The number of hydrogen-bond donors (Lipinski definition) is 0. The predicted octanol–water partition coefficient (Wildman–Crippen LogP) is 3.97. The molecule has 0 fully saturated rings. The predicted molar refractivity (Wildman–Crippen MR) is 61.1 cm³/mol. The van der Waals surface area contributed by atoms with Crippen molar-refractivity contribution in [2.24, 2.45) is 10.4 Å². The topological polar surface area (TPSA) is 12.4 Å². The van der Waals surface area contributed by atoms with E-state index in [4.69, 9.17) is 0 Å². The standard InChI is InChI=1S/C12H21N/c1-9(2)13-11(4)8-10(3)12(5,6)7/h8H,1H2,2-7H3/b10-8+,13-11?. The molecule has 0 saturated carbocycles. The lowest BCUT2D eigenvalue weighted by Gasteiger charge is -2.19. The molecule has 0 rings (SSSR count). The average Bonchev–Trinajstić information content (AvgIpc) is 1.82. The minimum Gasteiger partial charge on any atom is -0.259 e. The lowest BCUT2D eigenvalue weighted by atomic mass is 9.87. The van der Waals surface area contributed by atoms with Crippen LogP contribution in [0.5, 0.6) is 0 Å². The van der Waals surface area contributed by atoms with E-state index in [1.807, 2.05) is 13.8 Å². The van der Waals surface area contributed by atoms with Crippen molar-refractivity contribution in [3.63, 3.8) is 0 Å². The number of nitrogens with zero attached hydrogens (tertiary/aromatic N) is 1. The normalized spacial score (nSPS) is 14.6. The van der Waals surface area contributed by atoms with Crippen molar-refractivity contribution in [1.82, 2.24) is 0 Å². The van der Waals surface area contributed by atoms with Gasteiger partial charge in [-0.2, -0.15) is 0 Å². The average molecular weight is 179 g/mol. The first kappa shape index (κ1) is 12.2. The van der Waals surface area contributed by atoms with Gasteiger partial charge < -0.3 is 0 Å². The van der Waals surface area contributed by atoms with Crippen LogP contribution < -0.4 is 0 Å². The molecule has 0 spiro atoms.